The van der Waals surface area contributed by atoms with E-state index < -0.39 is 11.5 Å². The Bertz CT molecular complexity index is 1310. The van der Waals surface area contributed by atoms with Crippen molar-refractivity contribution in [3.63, 3.8) is 0 Å². The third-order valence-corrected chi connectivity index (χ3v) is 5.71. The highest BCUT2D eigenvalue weighted by molar-refractivity contribution is 5.96. The molecule has 3 aromatic heterocycles. The van der Waals surface area contributed by atoms with Crippen LogP contribution < -0.4 is 10.9 Å². The number of amides is 1. The Morgan fingerprint density at radius 2 is 1.90 bits per heavy atom. The predicted octanol–water partition coefficient (Wildman–Crippen LogP) is 3.36. The molecule has 1 amide bonds. The second kappa shape index (κ2) is 8.18. The van der Waals surface area contributed by atoms with Gasteiger partial charge in [-0.1, -0.05) is 18.2 Å². The Morgan fingerprint density at radius 3 is 2.77 bits per heavy atom. The second-order valence-electron chi connectivity index (χ2n) is 7.68. The number of benzene rings is 1. The van der Waals surface area contributed by atoms with Crippen molar-refractivity contribution in [3.05, 3.63) is 82.1 Å². The quantitative estimate of drug-likeness (QED) is 0.506. The van der Waals surface area contributed by atoms with E-state index in [1.54, 1.807) is 30.6 Å². The third kappa shape index (κ3) is 3.74. The maximum Gasteiger partial charge on any atom is 0.349 e. The number of nitrogens with zero attached hydrogens (tertiary/aromatic N) is 3. The number of rotatable bonds is 5. The molecule has 0 saturated heterocycles. The van der Waals surface area contributed by atoms with Gasteiger partial charge in [-0.05, 0) is 49.9 Å². The average molecular weight is 414 g/mol. The highest BCUT2D eigenvalue weighted by Crippen LogP contribution is 2.30. The van der Waals surface area contributed by atoms with Crippen LogP contribution in [0.15, 0.2) is 64.1 Å². The number of fused-ring (bicyclic) bond motifs is 2. The molecule has 156 valence electrons. The molecular weight excluding hydrogens is 392 g/mol. The van der Waals surface area contributed by atoms with Gasteiger partial charge in [-0.15, -0.1) is 0 Å². The molecule has 1 aromatic carbocycles. The lowest BCUT2D eigenvalue weighted by Gasteiger charge is -2.14. The molecule has 1 N–H and O–H groups in total. The SMILES string of the molecule is O=C(NCCn1nc(-c2ccncc2)c2c1CCCC2)c1cc2ccccc2oc1=O. The fourth-order valence-corrected chi connectivity index (χ4v) is 4.19. The molecular formula is C24H22N4O3. The molecule has 31 heavy (non-hydrogen) atoms. The monoisotopic (exact) mass is 414 g/mol. The normalized spacial score (nSPS) is 13.2. The number of para-hydroxylation sites is 1. The van der Waals surface area contributed by atoms with E-state index in [0.29, 0.717) is 18.7 Å². The largest absolute Gasteiger partial charge is 0.422 e. The van der Waals surface area contributed by atoms with Gasteiger partial charge in [0, 0.05) is 41.1 Å². The van der Waals surface area contributed by atoms with Gasteiger partial charge in [-0.3, -0.25) is 14.5 Å². The first-order chi connectivity index (χ1) is 15.2. The summed E-state index contributed by atoms with van der Waals surface area (Å²) < 4.78 is 7.26. The fourth-order valence-electron chi connectivity index (χ4n) is 4.19. The van der Waals surface area contributed by atoms with Gasteiger partial charge in [0.2, 0.25) is 0 Å². The summed E-state index contributed by atoms with van der Waals surface area (Å²) in [5.41, 5.74) is 4.43. The molecule has 0 fully saturated rings. The van der Waals surface area contributed by atoms with Crippen molar-refractivity contribution in [1.82, 2.24) is 20.1 Å². The van der Waals surface area contributed by atoms with Crippen LogP contribution in [0, 0.1) is 0 Å². The number of carbonyl (C=O) groups is 1. The summed E-state index contributed by atoms with van der Waals surface area (Å²) in [5.74, 6) is -0.435. The van der Waals surface area contributed by atoms with Crippen LogP contribution in [-0.2, 0) is 19.4 Å². The van der Waals surface area contributed by atoms with Gasteiger partial charge < -0.3 is 9.73 Å². The lowest BCUT2D eigenvalue weighted by atomic mass is 9.94. The van der Waals surface area contributed by atoms with Gasteiger partial charge in [0.25, 0.3) is 5.91 Å². The van der Waals surface area contributed by atoms with Crippen LogP contribution in [0.25, 0.3) is 22.2 Å². The minimum Gasteiger partial charge on any atom is -0.422 e. The number of pyridine rings is 1. The van der Waals surface area contributed by atoms with E-state index in [0.717, 1.165) is 42.3 Å². The third-order valence-electron chi connectivity index (χ3n) is 5.71. The Hall–Kier alpha value is -3.74. The molecule has 3 heterocycles. The van der Waals surface area contributed by atoms with E-state index in [-0.39, 0.29) is 5.56 Å². The lowest BCUT2D eigenvalue weighted by Crippen LogP contribution is -2.31. The zero-order valence-electron chi connectivity index (χ0n) is 17.0. The first-order valence-electron chi connectivity index (χ1n) is 10.5. The minimum atomic E-state index is -0.632. The van der Waals surface area contributed by atoms with Crippen LogP contribution in [0.4, 0.5) is 0 Å². The number of nitrogens with one attached hydrogen (secondary N) is 1. The number of aromatic nitrogens is 3. The first kappa shape index (κ1) is 19.2. The van der Waals surface area contributed by atoms with E-state index >= 15 is 0 Å². The molecule has 0 unspecified atom stereocenters. The first-order valence-corrected chi connectivity index (χ1v) is 10.5. The van der Waals surface area contributed by atoms with Gasteiger partial charge >= 0.3 is 5.63 Å². The maximum atomic E-state index is 12.6. The molecule has 0 aliphatic heterocycles. The van der Waals surface area contributed by atoms with E-state index in [4.69, 9.17) is 9.52 Å². The number of carbonyl (C=O) groups excluding carboxylic acids is 1. The highest BCUT2D eigenvalue weighted by atomic mass is 16.4. The lowest BCUT2D eigenvalue weighted by molar-refractivity contribution is 0.0948. The van der Waals surface area contributed by atoms with Crippen molar-refractivity contribution in [1.29, 1.82) is 0 Å². The zero-order valence-corrected chi connectivity index (χ0v) is 17.0. The molecule has 4 aromatic rings. The Balaban J connectivity index is 1.34. The van der Waals surface area contributed by atoms with Crippen molar-refractivity contribution in [2.24, 2.45) is 0 Å². The van der Waals surface area contributed by atoms with Crippen LogP contribution in [0.3, 0.4) is 0 Å². The Kier molecular flexibility index (Phi) is 5.08. The predicted molar refractivity (Wildman–Crippen MR) is 117 cm³/mol. The molecule has 5 rings (SSSR count). The van der Waals surface area contributed by atoms with E-state index in [2.05, 4.69) is 10.3 Å². The molecule has 0 bridgehead atoms. The molecule has 0 radical (unpaired) electrons. The van der Waals surface area contributed by atoms with Crippen LogP contribution >= 0.6 is 0 Å². The summed E-state index contributed by atoms with van der Waals surface area (Å²) in [6.07, 6.45) is 7.84. The minimum absolute atomic E-state index is 0.0127. The van der Waals surface area contributed by atoms with Crippen LogP contribution in [0.5, 0.6) is 0 Å². The molecule has 7 nitrogen and oxygen atoms in total. The Morgan fingerprint density at radius 1 is 1.10 bits per heavy atom. The van der Waals surface area contributed by atoms with Gasteiger partial charge in [0.1, 0.15) is 11.1 Å². The average Bonchev–Trinajstić information content (AvgIpc) is 3.18. The van der Waals surface area contributed by atoms with E-state index in [1.807, 2.05) is 28.9 Å². The molecule has 1 aliphatic carbocycles. The summed E-state index contributed by atoms with van der Waals surface area (Å²) in [6, 6.07) is 12.7. The molecule has 1 aliphatic rings. The van der Waals surface area contributed by atoms with E-state index in [1.165, 1.54) is 11.3 Å². The van der Waals surface area contributed by atoms with Crippen LogP contribution in [-0.4, -0.2) is 27.2 Å². The van der Waals surface area contributed by atoms with Crippen molar-refractivity contribution in [2.45, 2.75) is 32.2 Å². The number of hydrogen-bond acceptors (Lipinski definition) is 5. The topological polar surface area (TPSA) is 90.0 Å². The second-order valence-corrected chi connectivity index (χ2v) is 7.68. The van der Waals surface area contributed by atoms with E-state index in [9.17, 15) is 9.59 Å². The van der Waals surface area contributed by atoms with Crippen molar-refractivity contribution >= 4 is 16.9 Å². The van der Waals surface area contributed by atoms with Crippen LogP contribution in [0.1, 0.15) is 34.5 Å². The summed E-state index contributed by atoms with van der Waals surface area (Å²) in [5, 5.41) is 8.40. The maximum absolute atomic E-state index is 12.6. The van der Waals surface area contributed by atoms with Gasteiger partial charge in [-0.25, -0.2) is 4.79 Å². The standard InChI is InChI=1S/C24H22N4O3/c29-23(19-15-17-5-1-4-8-21(17)31-24(19)30)26-13-14-28-20-7-3-2-6-18(20)22(27-28)16-9-11-25-12-10-16/h1,4-5,8-12,15H,2-3,6-7,13-14H2,(H,26,29). The summed E-state index contributed by atoms with van der Waals surface area (Å²) in [4.78, 5) is 28.9. The molecule has 0 saturated carbocycles. The van der Waals surface area contributed by atoms with Crippen LogP contribution in [0.2, 0.25) is 0 Å². The van der Waals surface area contributed by atoms with Gasteiger partial charge in [0.05, 0.1) is 12.2 Å². The molecule has 0 atom stereocenters. The molecule has 0 spiro atoms. The Labute approximate surface area is 178 Å². The van der Waals surface area contributed by atoms with Crippen molar-refractivity contribution < 1.29 is 9.21 Å². The highest BCUT2D eigenvalue weighted by Gasteiger charge is 2.22. The summed E-state index contributed by atoms with van der Waals surface area (Å²) >= 11 is 0. The fraction of sp³-hybridized carbons (Fsp3) is 0.250. The smallest absolute Gasteiger partial charge is 0.349 e. The van der Waals surface area contributed by atoms with Gasteiger partial charge in [-0.2, -0.15) is 5.10 Å². The summed E-state index contributed by atoms with van der Waals surface area (Å²) in [6.45, 7) is 0.910. The number of hydrogen-bond donors (Lipinski definition) is 1. The summed E-state index contributed by atoms with van der Waals surface area (Å²) in [7, 11) is 0. The zero-order chi connectivity index (χ0) is 21.2. The van der Waals surface area contributed by atoms with Crippen molar-refractivity contribution in [2.75, 3.05) is 6.54 Å². The van der Waals surface area contributed by atoms with Gasteiger partial charge in [0.15, 0.2) is 0 Å². The van der Waals surface area contributed by atoms with Crippen molar-refractivity contribution in [3.8, 4) is 11.3 Å². The molecule has 7 heteroatoms.